The van der Waals surface area contributed by atoms with Gasteiger partial charge in [0.2, 0.25) is 11.8 Å². The van der Waals surface area contributed by atoms with Crippen LogP contribution in [0.25, 0.3) is 0 Å². The van der Waals surface area contributed by atoms with E-state index in [-0.39, 0.29) is 11.9 Å². The van der Waals surface area contributed by atoms with Crippen LogP contribution in [0.5, 0.6) is 0 Å². The van der Waals surface area contributed by atoms with Gasteiger partial charge in [-0.1, -0.05) is 35.5 Å². The molecule has 112 valence electrons. The molecule has 6 nitrogen and oxygen atoms in total. The van der Waals surface area contributed by atoms with Gasteiger partial charge in [-0.05, 0) is 25.5 Å². The zero-order valence-electron chi connectivity index (χ0n) is 12.1. The van der Waals surface area contributed by atoms with Crippen LogP contribution in [0.3, 0.4) is 0 Å². The lowest BCUT2D eigenvalue weighted by Crippen LogP contribution is -2.27. The van der Waals surface area contributed by atoms with E-state index < -0.39 is 0 Å². The molecule has 0 saturated heterocycles. The lowest BCUT2D eigenvalue weighted by molar-refractivity contribution is -0.121. The molecule has 3 N–H and O–H groups in total. The maximum absolute atomic E-state index is 11.6. The second-order valence-electron chi connectivity index (χ2n) is 4.89. The average Bonchev–Trinajstić information content (AvgIpc) is 2.95. The summed E-state index contributed by atoms with van der Waals surface area (Å²) in [6.07, 6.45) is 1.69. The van der Waals surface area contributed by atoms with Gasteiger partial charge in [0, 0.05) is 12.8 Å². The van der Waals surface area contributed by atoms with E-state index in [0.717, 1.165) is 5.56 Å². The molecular formula is C15H20N4O2. The Bertz CT molecular complexity index is 568. The Morgan fingerprint density at radius 1 is 1.38 bits per heavy atom. The molecule has 1 atom stereocenters. The number of benzene rings is 1. The van der Waals surface area contributed by atoms with Crippen LogP contribution in [-0.4, -0.2) is 22.6 Å². The van der Waals surface area contributed by atoms with E-state index in [0.29, 0.717) is 37.5 Å². The summed E-state index contributed by atoms with van der Waals surface area (Å²) in [6.45, 7) is 2.32. The van der Waals surface area contributed by atoms with Crippen molar-refractivity contribution in [1.82, 2.24) is 15.5 Å². The molecule has 1 unspecified atom stereocenters. The van der Waals surface area contributed by atoms with E-state index >= 15 is 0 Å². The maximum atomic E-state index is 11.6. The minimum Gasteiger partial charge on any atom is -0.345 e. The smallest absolute Gasteiger partial charge is 0.248 e. The third kappa shape index (κ3) is 4.68. The number of hydrogen-bond donors (Lipinski definition) is 2. The number of nitrogens with two attached hydrogens (primary N) is 1. The summed E-state index contributed by atoms with van der Waals surface area (Å²) in [5.74, 6) is 0.969. The van der Waals surface area contributed by atoms with Crippen LogP contribution in [0.4, 0.5) is 0 Å². The van der Waals surface area contributed by atoms with Crippen LogP contribution in [0.15, 0.2) is 34.9 Å². The third-order valence-electron chi connectivity index (χ3n) is 3.04. The molecule has 1 aromatic carbocycles. The normalized spacial score (nSPS) is 12.1. The van der Waals surface area contributed by atoms with E-state index in [4.69, 9.17) is 10.3 Å². The number of nitrogens with zero attached hydrogens (tertiary/aromatic N) is 2. The van der Waals surface area contributed by atoms with Gasteiger partial charge in [0.1, 0.15) is 6.04 Å². The molecule has 0 radical (unpaired) electrons. The van der Waals surface area contributed by atoms with Crippen LogP contribution in [0, 0.1) is 0 Å². The molecule has 0 saturated carbocycles. The predicted molar refractivity (Wildman–Crippen MR) is 78.4 cm³/mol. The second-order valence-corrected chi connectivity index (χ2v) is 4.89. The predicted octanol–water partition coefficient (Wildman–Crippen LogP) is 1.58. The molecular weight excluding hydrogens is 268 g/mol. The second kappa shape index (κ2) is 7.54. The molecule has 0 aliphatic heterocycles. The summed E-state index contributed by atoms with van der Waals surface area (Å²) in [5, 5.41) is 6.76. The van der Waals surface area contributed by atoms with Crippen molar-refractivity contribution in [2.24, 2.45) is 5.73 Å². The SMILES string of the molecule is CC(NC(=O)CCCN)c1nc(Cc2ccccc2)no1. The highest BCUT2D eigenvalue weighted by atomic mass is 16.5. The summed E-state index contributed by atoms with van der Waals surface area (Å²) in [5.41, 5.74) is 6.49. The number of carbonyl (C=O) groups excluding carboxylic acids is 1. The molecule has 2 rings (SSSR count). The van der Waals surface area contributed by atoms with E-state index in [9.17, 15) is 4.79 Å². The molecule has 1 aromatic heterocycles. The average molecular weight is 288 g/mol. The quantitative estimate of drug-likeness (QED) is 0.806. The lowest BCUT2D eigenvalue weighted by Gasteiger charge is -2.08. The van der Waals surface area contributed by atoms with Crippen LogP contribution >= 0.6 is 0 Å². The minimum atomic E-state index is -0.299. The monoisotopic (exact) mass is 288 g/mol. The van der Waals surface area contributed by atoms with Crippen molar-refractivity contribution in [2.75, 3.05) is 6.54 Å². The summed E-state index contributed by atoms with van der Waals surface area (Å²) in [4.78, 5) is 15.9. The summed E-state index contributed by atoms with van der Waals surface area (Å²) in [7, 11) is 0. The number of carbonyl (C=O) groups is 1. The third-order valence-corrected chi connectivity index (χ3v) is 3.04. The molecule has 1 heterocycles. The highest BCUT2D eigenvalue weighted by Crippen LogP contribution is 2.12. The van der Waals surface area contributed by atoms with Crippen molar-refractivity contribution < 1.29 is 9.32 Å². The Balaban J connectivity index is 1.91. The molecule has 6 heteroatoms. The highest BCUT2D eigenvalue weighted by molar-refractivity contribution is 5.76. The van der Waals surface area contributed by atoms with Crippen molar-refractivity contribution in [2.45, 2.75) is 32.2 Å². The van der Waals surface area contributed by atoms with Crippen LogP contribution in [0.2, 0.25) is 0 Å². The van der Waals surface area contributed by atoms with Crippen molar-refractivity contribution in [3.8, 4) is 0 Å². The van der Waals surface area contributed by atoms with Crippen LogP contribution < -0.4 is 11.1 Å². The topological polar surface area (TPSA) is 94.0 Å². The van der Waals surface area contributed by atoms with Gasteiger partial charge < -0.3 is 15.6 Å². The van der Waals surface area contributed by atoms with E-state index in [1.54, 1.807) is 0 Å². The van der Waals surface area contributed by atoms with Crippen molar-refractivity contribution in [1.29, 1.82) is 0 Å². The summed E-state index contributed by atoms with van der Waals surface area (Å²) >= 11 is 0. The van der Waals surface area contributed by atoms with Crippen LogP contribution in [0.1, 0.15) is 43.1 Å². The zero-order valence-corrected chi connectivity index (χ0v) is 12.1. The fraction of sp³-hybridized carbons (Fsp3) is 0.400. The summed E-state index contributed by atoms with van der Waals surface area (Å²) < 4.78 is 5.20. The number of hydrogen-bond acceptors (Lipinski definition) is 5. The van der Waals surface area contributed by atoms with E-state index in [2.05, 4.69) is 15.5 Å². The zero-order chi connectivity index (χ0) is 15.1. The van der Waals surface area contributed by atoms with Gasteiger partial charge in [0.25, 0.3) is 0 Å². The van der Waals surface area contributed by atoms with Gasteiger partial charge in [-0.3, -0.25) is 4.79 Å². The fourth-order valence-corrected chi connectivity index (χ4v) is 1.93. The first-order chi connectivity index (χ1) is 10.2. The van der Waals surface area contributed by atoms with Gasteiger partial charge >= 0.3 is 0 Å². The van der Waals surface area contributed by atoms with Crippen molar-refractivity contribution >= 4 is 5.91 Å². The number of rotatable bonds is 7. The Labute approximate surface area is 123 Å². The fourth-order valence-electron chi connectivity index (χ4n) is 1.93. The molecule has 0 aliphatic rings. The van der Waals surface area contributed by atoms with Crippen molar-refractivity contribution in [3.63, 3.8) is 0 Å². The Morgan fingerprint density at radius 2 is 2.14 bits per heavy atom. The number of nitrogens with one attached hydrogen (secondary N) is 1. The summed E-state index contributed by atoms with van der Waals surface area (Å²) in [6, 6.07) is 9.62. The number of amides is 1. The highest BCUT2D eigenvalue weighted by Gasteiger charge is 2.16. The van der Waals surface area contributed by atoms with Gasteiger partial charge in [0.05, 0.1) is 0 Å². The molecule has 21 heavy (non-hydrogen) atoms. The molecule has 0 spiro atoms. The van der Waals surface area contributed by atoms with Gasteiger partial charge in [-0.2, -0.15) is 4.98 Å². The Morgan fingerprint density at radius 3 is 2.86 bits per heavy atom. The van der Waals surface area contributed by atoms with E-state index in [1.165, 1.54) is 0 Å². The standard InChI is InChI=1S/C15H20N4O2/c1-11(17-14(20)8-5-9-16)15-18-13(19-21-15)10-12-6-3-2-4-7-12/h2-4,6-7,11H,5,8-10,16H2,1H3,(H,17,20). The molecule has 0 aliphatic carbocycles. The van der Waals surface area contributed by atoms with E-state index in [1.807, 2.05) is 37.3 Å². The Hall–Kier alpha value is -2.21. The van der Waals surface area contributed by atoms with Gasteiger partial charge in [0.15, 0.2) is 5.82 Å². The van der Waals surface area contributed by atoms with Crippen molar-refractivity contribution in [3.05, 3.63) is 47.6 Å². The molecule has 2 aromatic rings. The minimum absolute atomic E-state index is 0.0595. The maximum Gasteiger partial charge on any atom is 0.248 e. The van der Waals surface area contributed by atoms with Gasteiger partial charge in [-0.25, -0.2) is 0 Å². The van der Waals surface area contributed by atoms with Crippen LogP contribution in [-0.2, 0) is 11.2 Å². The molecule has 0 fully saturated rings. The Kier molecular flexibility index (Phi) is 5.45. The van der Waals surface area contributed by atoms with Gasteiger partial charge in [-0.15, -0.1) is 0 Å². The first-order valence-corrected chi connectivity index (χ1v) is 7.05. The lowest BCUT2D eigenvalue weighted by atomic mass is 10.1. The first-order valence-electron chi connectivity index (χ1n) is 7.05. The largest absolute Gasteiger partial charge is 0.345 e. The molecule has 1 amide bonds. The number of aromatic nitrogens is 2. The first kappa shape index (κ1) is 15.2. The molecule has 0 bridgehead atoms.